The second-order valence-electron chi connectivity index (χ2n) is 6.85. The highest BCUT2D eigenvalue weighted by Crippen LogP contribution is 2.26. The summed E-state index contributed by atoms with van der Waals surface area (Å²) in [4.78, 5) is 26.2. The average Bonchev–Trinajstić information content (AvgIpc) is 3.08. The second-order valence-corrected chi connectivity index (χ2v) is 6.85. The second kappa shape index (κ2) is 10.2. The normalized spacial score (nSPS) is 18.4. The van der Waals surface area contributed by atoms with Gasteiger partial charge in [-0.05, 0) is 36.2 Å². The molecule has 7 heteroatoms. The van der Waals surface area contributed by atoms with Crippen molar-refractivity contribution in [3.05, 3.63) is 71.5 Å². The highest BCUT2D eigenvalue weighted by Gasteiger charge is 2.33. The molecule has 0 radical (unpaired) electrons. The molecule has 1 fully saturated rings. The Morgan fingerprint density at radius 1 is 1.07 bits per heavy atom. The van der Waals surface area contributed by atoms with E-state index >= 15 is 0 Å². The van der Waals surface area contributed by atoms with Gasteiger partial charge in [0.25, 0.3) is 5.91 Å². The molecule has 0 bridgehead atoms. The molecule has 3 rings (SSSR count). The number of hydrogen-bond acceptors (Lipinski definition) is 3. The van der Waals surface area contributed by atoms with Gasteiger partial charge in [-0.2, -0.15) is 0 Å². The smallest absolute Gasteiger partial charge is 0.251 e. The van der Waals surface area contributed by atoms with Crippen LogP contribution in [0.25, 0.3) is 0 Å². The molecule has 1 heterocycles. The third-order valence-corrected chi connectivity index (χ3v) is 4.90. The van der Waals surface area contributed by atoms with Crippen LogP contribution >= 0.6 is 12.4 Å². The Kier molecular flexibility index (Phi) is 7.96. The van der Waals surface area contributed by atoms with Crippen molar-refractivity contribution in [3.8, 4) is 0 Å². The van der Waals surface area contributed by atoms with Crippen LogP contribution in [0.1, 0.15) is 34.7 Å². The summed E-state index contributed by atoms with van der Waals surface area (Å²) < 4.78 is 12.9. The largest absolute Gasteiger partial charge is 0.352 e. The number of halogens is 2. The fraction of sp³-hybridized carbons (Fsp3) is 0.333. The van der Waals surface area contributed by atoms with Crippen molar-refractivity contribution in [1.82, 2.24) is 10.2 Å². The van der Waals surface area contributed by atoms with Gasteiger partial charge < -0.3 is 16.0 Å². The summed E-state index contributed by atoms with van der Waals surface area (Å²) in [5, 5.41) is 2.75. The molecule has 0 saturated carbocycles. The van der Waals surface area contributed by atoms with Crippen LogP contribution in [0.15, 0.2) is 54.6 Å². The maximum Gasteiger partial charge on any atom is 0.251 e. The van der Waals surface area contributed by atoms with E-state index in [1.165, 1.54) is 24.3 Å². The minimum absolute atomic E-state index is 0. The summed E-state index contributed by atoms with van der Waals surface area (Å²) >= 11 is 0. The number of carbonyl (C=O) groups excluding carboxylic acids is 2. The first-order valence-corrected chi connectivity index (χ1v) is 9.16. The minimum Gasteiger partial charge on any atom is -0.352 e. The number of amides is 2. The van der Waals surface area contributed by atoms with Crippen LogP contribution in [0.2, 0.25) is 0 Å². The van der Waals surface area contributed by atoms with Gasteiger partial charge in [0, 0.05) is 43.6 Å². The monoisotopic (exact) mass is 405 g/mol. The van der Waals surface area contributed by atoms with E-state index in [1.54, 1.807) is 0 Å². The first kappa shape index (κ1) is 21.9. The van der Waals surface area contributed by atoms with Gasteiger partial charge in [0.1, 0.15) is 5.82 Å². The van der Waals surface area contributed by atoms with E-state index in [0.717, 1.165) is 5.56 Å². The topological polar surface area (TPSA) is 75.4 Å². The van der Waals surface area contributed by atoms with E-state index in [-0.39, 0.29) is 42.0 Å². The molecule has 1 aliphatic heterocycles. The SMILES string of the molecule is Cl.N[C@@H]1CN(C(=O)CCCNC(=O)c2ccc(F)cc2)C[C@H]1c1ccccc1. The Balaban J connectivity index is 0.00000280. The molecule has 0 aliphatic carbocycles. The van der Waals surface area contributed by atoms with Crippen molar-refractivity contribution in [2.45, 2.75) is 24.8 Å². The van der Waals surface area contributed by atoms with Gasteiger partial charge in [-0.15, -0.1) is 12.4 Å². The molecule has 150 valence electrons. The number of hydrogen-bond donors (Lipinski definition) is 2. The van der Waals surface area contributed by atoms with Gasteiger partial charge in [0.15, 0.2) is 0 Å². The summed E-state index contributed by atoms with van der Waals surface area (Å²) in [5.74, 6) is -0.433. The molecule has 2 aromatic rings. The third-order valence-electron chi connectivity index (χ3n) is 4.90. The summed E-state index contributed by atoms with van der Waals surface area (Å²) in [5.41, 5.74) is 7.79. The first-order chi connectivity index (χ1) is 13.0. The molecule has 2 amide bonds. The van der Waals surface area contributed by atoms with E-state index in [9.17, 15) is 14.0 Å². The van der Waals surface area contributed by atoms with Gasteiger partial charge in [0.05, 0.1) is 0 Å². The number of rotatable bonds is 6. The fourth-order valence-electron chi connectivity index (χ4n) is 3.39. The first-order valence-electron chi connectivity index (χ1n) is 9.16. The van der Waals surface area contributed by atoms with E-state index in [1.807, 2.05) is 35.2 Å². The molecule has 28 heavy (non-hydrogen) atoms. The highest BCUT2D eigenvalue weighted by atomic mass is 35.5. The van der Waals surface area contributed by atoms with E-state index in [2.05, 4.69) is 5.32 Å². The maximum absolute atomic E-state index is 12.9. The molecule has 5 nitrogen and oxygen atoms in total. The Morgan fingerprint density at radius 3 is 2.43 bits per heavy atom. The number of nitrogens with one attached hydrogen (secondary N) is 1. The Morgan fingerprint density at radius 2 is 1.75 bits per heavy atom. The van der Waals surface area contributed by atoms with Crippen LogP contribution in [0, 0.1) is 5.82 Å². The molecule has 1 aliphatic rings. The molecule has 1 saturated heterocycles. The minimum atomic E-state index is -0.380. The van der Waals surface area contributed by atoms with Crippen molar-refractivity contribution in [2.75, 3.05) is 19.6 Å². The number of benzene rings is 2. The molecular formula is C21H25ClFN3O2. The zero-order chi connectivity index (χ0) is 19.2. The molecule has 2 aromatic carbocycles. The van der Waals surface area contributed by atoms with Crippen LogP contribution in [0.5, 0.6) is 0 Å². The van der Waals surface area contributed by atoms with E-state index in [0.29, 0.717) is 38.0 Å². The molecule has 3 N–H and O–H groups in total. The lowest BCUT2D eigenvalue weighted by molar-refractivity contribution is -0.130. The molecule has 0 spiro atoms. The molecule has 0 aromatic heterocycles. The lowest BCUT2D eigenvalue weighted by Gasteiger charge is -2.16. The summed E-state index contributed by atoms with van der Waals surface area (Å²) in [6.07, 6.45) is 0.908. The highest BCUT2D eigenvalue weighted by molar-refractivity contribution is 5.94. The van der Waals surface area contributed by atoms with Crippen LogP contribution in [-0.2, 0) is 4.79 Å². The van der Waals surface area contributed by atoms with Crippen molar-refractivity contribution in [2.24, 2.45) is 5.73 Å². The number of nitrogens with two attached hydrogens (primary N) is 1. The Hall–Kier alpha value is -2.44. The van der Waals surface area contributed by atoms with Crippen LogP contribution in [0.4, 0.5) is 4.39 Å². The van der Waals surface area contributed by atoms with Crippen molar-refractivity contribution >= 4 is 24.2 Å². The zero-order valence-electron chi connectivity index (χ0n) is 15.5. The lowest BCUT2D eigenvalue weighted by Crippen LogP contribution is -2.32. The third kappa shape index (κ3) is 5.53. The van der Waals surface area contributed by atoms with Crippen LogP contribution in [0.3, 0.4) is 0 Å². The summed E-state index contributed by atoms with van der Waals surface area (Å²) in [6.45, 7) is 1.58. The molecular weight excluding hydrogens is 381 g/mol. The van der Waals surface area contributed by atoms with Gasteiger partial charge in [-0.25, -0.2) is 4.39 Å². The van der Waals surface area contributed by atoms with Crippen molar-refractivity contribution < 1.29 is 14.0 Å². The van der Waals surface area contributed by atoms with Crippen LogP contribution in [-0.4, -0.2) is 42.4 Å². The van der Waals surface area contributed by atoms with Crippen LogP contribution < -0.4 is 11.1 Å². The van der Waals surface area contributed by atoms with Gasteiger partial charge in [-0.1, -0.05) is 30.3 Å². The van der Waals surface area contributed by atoms with E-state index < -0.39 is 0 Å². The summed E-state index contributed by atoms with van der Waals surface area (Å²) in [6, 6.07) is 15.3. The maximum atomic E-state index is 12.9. The standard InChI is InChI=1S/C21H24FN3O2.ClH/c22-17-10-8-16(9-11-17)21(27)24-12-4-7-20(26)25-13-18(19(23)14-25)15-5-2-1-3-6-15;/h1-3,5-6,8-11,18-19H,4,7,12-14,23H2,(H,24,27);1H/t18-,19+;/m0./s1. The Labute approximate surface area is 170 Å². The lowest BCUT2D eigenvalue weighted by atomic mass is 9.95. The predicted octanol–water partition coefficient (Wildman–Crippen LogP) is 2.71. The van der Waals surface area contributed by atoms with Crippen molar-refractivity contribution in [3.63, 3.8) is 0 Å². The zero-order valence-corrected chi connectivity index (χ0v) is 16.3. The Bertz CT molecular complexity index is 786. The van der Waals surface area contributed by atoms with Crippen molar-refractivity contribution in [1.29, 1.82) is 0 Å². The van der Waals surface area contributed by atoms with Gasteiger partial charge in [0.2, 0.25) is 5.91 Å². The number of likely N-dealkylation sites (tertiary alicyclic amines) is 1. The van der Waals surface area contributed by atoms with Gasteiger partial charge in [-0.3, -0.25) is 9.59 Å². The fourth-order valence-corrected chi connectivity index (χ4v) is 3.39. The molecule has 0 unspecified atom stereocenters. The van der Waals surface area contributed by atoms with Gasteiger partial charge >= 0.3 is 0 Å². The summed E-state index contributed by atoms with van der Waals surface area (Å²) in [7, 11) is 0. The average molecular weight is 406 g/mol. The quantitative estimate of drug-likeness (QED) is 0.725. The molecule has 2 atom stereocenters. The number of nitrogens with zero attached hydrogens (tertiary/aromatic N) is 1. The number of carbonyl (C=O) groups is 2. The predicted molar refractivity (Wildman–Crippen MR) is 109 cm³/mol. The van der Waals surface area contributed by atoms with E-state index in [4.69, 9.17) is 5.73 Å².